The van der Waals surface area contributed by atoms with E-state index in [9.17, 15) is 24.9 Å². The lowest BCUT2D eigenvalue weighted by molar-refractivity contribution is -0.168. The van der Waals surface area contributed by atoms with Gasteiger partial charge in [0.15, 0.2) is 12.4 Å². The van der Waals surface area contributed by atoms with Crippen LogP contribution in [-0.2, 0) is 14.3 Å². The highest BCUT2D eigenvalue weighted by atomic mass is 16.6. The second-order valence-electron chi connectivity index (χ2n) is 8.16. The van der Waals surface area contributed by atoms with Crippen molar-refractivity contribution in [2.75, 3.05) is 6.61 Å². The minimum absolute atomic E-state index is 0.119. The molecule has 0 fully saturated rings. The molecule has 0 saturated carbocycles. The molecule has 0 aliphatic carbocycles. The average Bonchev–Trinajstić information content (AvgIpc) is 2.78. The first kappa shape index (κ1) is 29.7. The lowest BCUT2D eigenvalue weighted by atomic mass is 10.0. The van der Waals surface area contributed by atoms with Crippen LogP contribution < -0.4 is 0 Å². The van der Waals surface area contributed by atoms with Gasteiger partial charge in [-0.15, -0.1) is 0 Å². The number of carbonyl (C=O) groups excluding carboxylic acids is 2. The summed E-state index contributed by atoms with van der Waals surface area (Å²) in [6.07, 6.45) is 13.0. The number of aliphatic hydroxyl groups excluding tert-OH is 4. The largest absolute Gasteiger partial charge is 0.452 e. The van der Waals surface area contributed by atoms with Gasteiger partial charge in [0.25, 0.3) is 0 Å². The predicted molar refractivity (Wildman–Crippen MR) is 121 cm³/mol. The first-order chi connectivity index (χ1) is 15.0. The van der Waals surface area contributed by atoms with Gasteiger partial charge in [-0.25, -0.2) is 0 Å². The molecule has 0 aromatic heterocycles. The van der Waals surface area contributed by atoms with Crippen molar-refractivity contribution in [2.45, 2.75) is 121 Å². The van der Waals surface area contributed by atoms with Crippen molar-refractivity contribution in [2.24, 2.45) is 0 Å². The summed E-state index contributed by atoms with van der Waals surface area (Å²) in [5, 5.41) is 37.5. The Kier molecular flexibility index (Phi) is 19.8. The maximum absolute atomic E-state index is 11.8. The van der Waals surface area contributed by atoms with E-state index < -0.39 is 37.0 Å². The van der Waals surface area contributed by atoms with Crippen molar-refractivity contribution in [3.05, 3.63) is 12.2 Å². The number of hydrogen-bond acceptors (Lipinski definition) is 7. The van der Waals surface area contributed by atoms with Crippen LogP contribution in [0.3, 0.4) is 0 Å². The summed E-state index contributed by atoms with van der Waals surface area (Å²) in [6.45, 7) is 1.45. The Morgan fingerprint density at radius 3 is 1.84 bits per heavy atom. The third-order valence-corrected chi connectivity index (χ3v) is 5.31. The Labute approximate surface area is 187 Å². The Bertz CT molecular complexity index is 467. The molecule has 0 aliphatic rings. The molecule has 182 valence electrons. The maximum Gasteiger partial charge on any atom is 0.306 e. The van der Waals surface area contributed by atoms with Gasteiger partial charge in [-0.3, -0.25) is 9.59 Å². The molecule has 0 bridgehead atoms. The lowest BCUT2D eigenvalue weighted by Crippen LogP contribution is -2.48. The highest BCUT2D eigenvalue weighted by molar-refractivity contribution is 5.72. The first-order valence-corrected chi connectivity index (χ1v) is 11.9. The zero-order chi connectivity index (χ0) is 23.3. The molecule has 7 nitrogen and oxygen atoms in total. The standard InChI is InChI=1S/C24H44O7/c1-2-3-4-5-6-7-8-9-10-11-12-13-14-15-16-17-22(28)31-21(19-26)24(30)23(29)20(27)18-25/h9-10,19-21,23-25,27,29-30H,2-8,11-18H2,1H3/b10-9-/t20-,21+,23-,24-/m1/s1. The number of unbranched alkanes of at least 4 members (excludes halogenated alkanes) is 11. The van der Waals surface area contributed by atoms with E-state index in [1.165, 1.54) is 44.9 Å². The van der Waals surface area contributed by atoms with Crippen molar-refractivity contribution >= 4 is 12.3 Å². The molecule has 0 heterocycles. The van der Waals surface area contributed by atoms with Crippen molar-refractivity contribution in [3.8, 4) is 0 Å². The van der Waals surface area contributed by atoms with Crippen LogP contribution in [-0.4, -0.2) is 63.7 Å². The SMILES string of the molecule is CCCCCCCC/C=C\CCCCCCCC(=O)O[C@@H](C=O)[C@@H](O)[C@H](O)[C@H](O)CO. The molecular weight excluding hydrogens is 400 g/mol. The van der Waals surface area contributed by atoms with Gasteiger partial charge in [0.1, 0.15) is 18.3 Å². The van der Waals surface area contributed by atoms with Crippen LogP contribution in [0.25, 0.3) is 0 Å². The number of aldehydes is 1. The molecule has 0 radical (unpaired) electrons. The summed E-state index contributed by atoms with van der Waals surface area (Å²) in [5.41, 5.74) is 0. The van der Waals surface area contributed by atoms with E-state index in [2.05, 4.69) is 19.1 Å². The fraction of sp³-hybridized carbons (Fsp3) is 0.833. The minimum atomic E-state index is -1.79. The number of rotatable bonds is 21. The number of aliphatic hydroxyl groups is 4. The number of allylic oxidation sites excluding steroid dienone is 2. The van der Waals surface area contributed by atoms with Crippen LogP contribution in [0.1, 0.15) is 96.8 Å². The molecule has 4 N–H and O–H groups in total. The van der Waals surface area contributed by atoms with Gasteiger partial charge in [-0.05, 0) is 32.1 Å². The second-order valence-corrected chi connectivity index (χ2v) is 8.16. The Hall–Kier alpha value is -1.28. The summed E-state index contributed by atoms with van der Waals surface area (Å²) in [6, 6.07) is 0. The average molecular weight is 445 g/mol. The predicted octanol–water partition coefficient (Wildman–Crippen LogP) is 3.21. The van der Waals surface area contributed by atoms with Crippen LogP contribution in [0.5, 0.6) is 0 Å². The first-order valence-electron chi connectivity index (χ1n) is 11.9. The highest BCUT2D eigenvalue weighted by Crippen LogP contribution is 2.12. The number of esters is 1. The lowest BCUT2D eigenvalue weighted by Gasteiger charge is -2.25. The fourth-order valence-electron chi connectivity index (χ4n) is 3.26. The van der Waals surface area contributed by atoms with Gasteiger partial charge in [0, 0.05) is 6.42 Å². The van der Waals surface area contributed by atoms with Crippen LogP contribution in [0.4, 0.5) is 0 Å². The van der Waals surface area contributed by atoms with Gasteiger partial charge < -0.3 is 25.2 Å². The zero-order valence-electron chi connectivity index (χ0n) is 19.2. The van der Waals surface area contributed by atoms with Gasteiger partial charge in [-0.2, -0.15) is 0 Å². The molecule has 0 aromatic carbocycles. The van der Waals surface area contributed by atoms with Crippen LogP contribution in [0, 0.1) is 0 Å². The fourth-order valence-corrected chi connectivity index (χ4v) is 3.26. The summed E-state index contributed by atoms with van der Waals surface area (Å²) in [5.74, 6) is -0.639. The van der Waals surface area contributed by atoms with Gasteiger partial charge in [0.05, 0.1) is 6.61 Å². The number of ether oxygens (including phenoxy) is 1. The highest BCUT2D eigenvalue weighted by Gasteiger charge is 2.33. The summed E-state index contributed by atoms with van der Waals surface area (Å²) in [4.78, 5) is 22.8. The van der Waals surface area contributed by atoms with E-state index in [1.54, 1.807) is 0 Å². The van der Waals surface area contributed by atoms with Crippen molar-refractivity contribution < 1.29 is 34.8 Å². The normalized spacial score (nSPS) is 15.5. The summed E-state index contributed by atoms with van der Waals surface area (Å²) < 4.78 is 4.88. The molecule has 4 atom stereocenters. The molecule has 0 amide bonds. The minimum Gasteiger partial charge on any atom is -0.452 e. The number of carbonyl (C=O) groups is 2. The van der Waals surface area contributed by atoms with Crippen molar-refractivity contribution in [1.82, 2.24) is 0 Å². The van der Waals surface area contributed by atoms with Crippen LogP contribution in [0.15, 0.2) is 12.2 Å². The Balaban J connectivity index is 3.70. The molecule has 7 heteroatoms. The number of hydrogen-bond donors (Lipinski definition) is 4. The van der Waals surface area contributed by atoms with Crippen LogP contribution >= 0.6 is 0 Å². The van der Waals surface area contributed by atoms with E-state index in [0.717, 1.165) is 32.1 Å². The molecule has 0 rings (SSSR count). The topological polar surface area (TPSA) is 124 Å². The smallest absolute Gasteiger partial charge is 0.306 e. The second kappa shape index (κ2) is 20.6. The Morgan fingerprint density at radius 1 is 0.806 bits per heavy atom. The van der Waals surface area contributed by atoms with E-state index in [0.29, 0.717) is 6.42 Å². The van der Waals surface area contributed by atoms with E-state index in [4.69, 9.17) is 9.84 Å². The monoisotopic (exact) mass is 444 g/mol. The molecule has 0 spiro atoms. The van der Waals surface area contributed by atoms with Gasteiger partial charge in [0.2, 0.25) is 0 Å². The zero-order valence-corrected chi connectivity index (χ0v) is 19.2. The third kappa shape index (κ3) is 16.1. The summed E-state index contributed by atoms with van der Waals surface area (Å²) >= 11 is 0. The quantitative estimate of drug-likeness (QED) is 0.0927. The third-order valence-electron chi connectivity index (χ3n) is 5.31. The molecule has 31 heavy (non-hydrogen) atoms. The van der Waals surface area contributed by atoms with E-state index in [1.807, 2.05) is 0 Å². The molecule has 0 unspecified atom stereocenters. The molecule has 0 aromatic rings. The molecule has 0 saturated heterocycles. The maximum atomic E-state index is 11.8. The van der Waals surface area contributed by atoms with Crippen LogP contribution in [0.2, 0.25) is 0 Å². The Morgan fingerprint density at radius 2 is 1.32 bits per heavy atom. The van der Waals surface area contributed by atoms with Crippen molar-refractivity contribution in [3.63, 3.8) is 0 Å². The molecule has 0 aliphatic heterocycles. The molecular formula is C24H44O7. The summed E-state index contributed by atoms with van der Waals surface area (Å²) in [7, 11) is 0. The van der Waals surface area contributed by atoms with Gasteiger partial charge in [-0.1, -0.05) is 70.4 Å². The van der Waals surface area contributed by atoms with E-state index in [-0.39, 0.29) is 12.7 Å². The van der Waals surface area contributed by atoms with E-state index >= 15 is 0 Å². The van der Waals surface area contributed by atoms with Gasteiger partial charge >= 0.3 is 5.97 Å². The van der Waals surface area contributed by atoms with Crippen molar-refractivity contribution in [1.29, 1.82) is 0 Å².